The largest absolute Gasteiger partial charge is 0.328 e. The topological polar surface area (TPSA) is 46.1 Å². The Balaban J connectivity index is 1.89. The van der Waals surface area contributed by atoms with Gasteiger partial charge in [0.15, 0.2) is 0 Å². The lowest BCUT2D eigenvalue weighted by Crippen LogP contribution is -2.38. The minimum absolute atomic E-state index is 0.0243. The third-order valence-corrected chi connectivity index (χ3v) is 4.86. The third-order valence-electron chi connectivity index (χ3n) is 3.79. The van der Waals surface area contributed by atoms with E-state index in [0.717, 1.165) is 42.2 Å². The van der Waals surface area contributed by atoms with Crippen LogP contribution in [0.5, 0.6) is 0 Å². The van der Waals surface area contributed by atoms with Crippen molar-refractivity contribution in [3.8, 4) is 0 Å². The van der Waals surface area contributed by atoms with E-state index in [1.54, 1.807) is 17.4 Å². The zero-order valence-electron chi connectivity index (χ0n) is 12.4. The smallest absolute Gasteiger partial charge is 0.273 e. The number of carbonyl (C=O) groups is 1. The maximum absolute atomic E-state index is 12.8. The molecular formula is C16H19N3OS. The van der Waals surface area contributed by atoms with Gasteiger partial charge in [-0.1, -0.05) is 6.07 Å². The second kappa shape index (κ2) is 5.93. The lowest BCUT2D eigenvalue weighted by atomic mass is 10.0. The summed E-state index contributed by atoms with van der Waals surface area (Å²) in [6, 6.07) is 5.71. The zero-order valence-corrected chi connectivity index (χ0v) is 13.2. The Bertz CT molecular complexity index is 652. The minimum Gasteiger partial charge on any atom is -0.328 e. The summed E-state index contributed by atoms with van der Waals surface area (Å²) in [6.45, 7) is 4.70. The predicted molar refractivity (Wildman–Crippen MR) is 83.5 cm³/mol. The van der Waals surface area contributed by atoms with Crippen molar-refractivity contribution < 1.29 is 4.79 Å². The number of rotatable bonds is 2. The standard InChI is InChI=1S/C16H19N3OS/c1-11-6-5-7-13(17-11)16(20)19-9-4-3-8-14(19)15-18-12(2)10-21-15/h5-7,10,14H,3-4,8-9H2,1-2H3/t14-/m1/s1. The van der Waals surface area contributed by atoms with Crippen LogP contribution in [0.15, 0.2) is 23.6 Å². The van der Waals surface area contributed by atoms with Gasteiger partial charge in [-0.3, -0.25) is 4.79 Å². The van der Waals surface area contributed by atoms with Gasteiger partial charge in [0.05, 0.1) is 6.04 Å². The number of thiazole rings is 1. The van der Waals surface area contributed by atoms with E-state index >= 15 is 0 Å². The molecule has 21 heavy (non-hydrogen) atoms. The highest BCUT2D eigenvalue weighted by molar-refractivity contribution is 7.09. The molecule has 0 radical (unpaired) electrons. The zero-order chi connectivity index (χ0) is 14.8. The van der Waals surface area contributed by atoms with Gasteiger partial charge in [-0.15, -0.1) is 11.3 Å². The third kappa shape index (κ3) is 2.97. The average Bonchev–Trinajstić information content (AvgIpc) is 2.93. The predicted octanol–water partition coefficient (Wildman–Crippen LogP) is 3.52. The lowest BCUT2D eigenvalue weighted by molar-refractivity contribution is 0.0604. The molecule has 110 valence electrons. The molecule has 2 aromatic rings. The molecular weight excluding hydrogens is 282 g/mol. The van der Waals surface area contributed by atoms with E-state index in [4.69, 9.17) is 0 Å². The van der Waals surface area contributed by atoms with Crippen molar-refractivity contribution in [1.29, 1.82) is 0 Å². The summed E-state index contributed by atoms with van der Waals surface area (Å²) in [5.41, 5.74) is 2.44. The molecule has 3 rings (SSSR count). The first-order chi connectivity index (χ1) is 10.1. The van der Waals surface area contributed by atoms with E-state index in [0.29, 0.717) is 5.69 Å². The molecule has 0 aromatic carbocycles. The summed E-state index contributed by atoms with van der Waals surface area (Å²) in [5.74, 6) is 0.0243. The van der Waals surface area contributed by atoms with Crippen LogP contribution in [-0.4, -0.2) is 27.3 Å². The molecule has 0 N–H and O–H groups in total. The number of hydrogen-bond donors (Lipinski definition) is 0. The first-order valence-electron chi connectivity index (χ1n) is 7.32. The maximum Gasteiger partial charge on any atom is 0.273 e. The van der Waals surface area contributed by atoms with Crippen molar-refractivity contribution in [3.05, 3.63) is 45.7 Å². The van der Waals surface area contributed by atoms with Crippen LogP contribution in [0.3, 0.4) is 0 Å². The van der Waals surface area contributed by atoms with Crippen molar-refractivity contribution in [2.75, 3.05) is 6.54 Å². The number of piperidine rings is 1. The molecule has 2 aromatic heterocycles. The normalized spacial score (nSPS) is 18.8. The second-order valence-corrected chi connectivity index (χ2v) is 6.39. The van der Waals surface area contributed by atoms with Crippen molar-refractivity contribution in [3.63, 3.8) is 0 Å². The Morgan fingerprint density at radius 2 is 2.10 bits per heavy atom. The van der Waals surface area contributed by atoms with Crippen LogP contribution in [0.25, 0.3) is 0 Å². The van der Waals surface area contributed by atoms with Gasteiger partial charge >= 0.3 is 0 Å². The number of hydrogen-bond acceptors (Lipinski definition) is 4. The SMILES string of the molecule is Cc1cccc(C(=O)N2CCCC[C@@H]2c2nc(C)cs2)n1. The number of pyridine rings is 1. The Morgan fingerprint density at radius 1 is 1.24 bits per heavy atom. The molecule has 3 heterocycles. The van der Waals surface area contributed by atoms with Crippen LogP contribution in [0, 0.1) is 13.8 Å². The summed E-state index contributed by atoms with van der Waals surface area (Å²) in [4.78, 5) is 23.7. The van der Waals surface area contributed by atoms with Crippen molar-refractivity contribution in [2.45, 2.75) is 39.2 Å². The van der Waals surface area contributed by atoms with Crippen LogP contribution >= 0.6 is 11.3 Å². The summed E-state index contributed by atoms with van der Waals surface area (Å²) in [6.07, 6.45) is 3.19. The molecule has 0 spiro atoms. The molecule has 1 aliphatic rings. The van der Waals surface area contributed by atoms with Gasteiger partial charge in [0.25, 0.3) is 5.91 Å². The van der Waals surface area contributed by atoms with Crippen LogP contribution in [0.1, 0.15) is 52.2 Å². The molecule has 1 fully saturated rings. The average molecular weight is 301 g/mol. The van der Waals surface area contributed by atoms with Gasteiger partial charge in [0.2, 0.25) is 0 Å². The first-order valence-corrected chi connectivity index (χ1v) is 8.20. The van der Waals surface area contributed by atoms with Crippen LogP contribution in [0.2, 0.25) is 0 Å². The van der Waals surface area contributed by atoms with E-state index in [9.17, 15) is 4.79 Å². The van der Waals surface area contributed by atoms with Crippen molar-refractivity contribution in [1.82, 2.24) is 14.9 Å². The van der Waals surface area contributed by atoms with Gasteiger partial charge in [-0.2, -0.15) is 0 Å². The van der Waals surface area contributed by atoms with Crippen LogP contribution in [0.4, 0.5) is 0 Å². The summed E-state index contributed by atoms with van der Waals surface area (Å²) in [7, 11) is 0. The van der Waals surface area contributed by atoms with E-state index < -0.39 is 0 Å². The number of carbonyl (C=O) groups excluding carboxylic acids is 1. The number of likely N-dealkylation sites (tertiary alicyclic amines) is 1. The fourth-order valence-corrected chi connectivity index (χ4v) is 3.71. The molecule has 4 nitrogen and oxygen atoms in total. The number of aryl methyl sites for hydroxylation is 2. The van der Waals surface area contributed by atoms with E-state index in [1.807, 2.05) is 30.9 Å². The van der Waals surface area contributed by atoms with E-state index in [1.165, 1.54) is 0 Å². The molecule has 0 saturated carbocycles. The summed E-state index contributed by atoms with van der Waals surface area (Å²) in [5, 5.41) is 3.10. The van der Waals surface area contributed by atoms with Gasteiger partial charge in [-0.05, 0) is 45.2 Å². The maximum atomic E-state index is 12.8. The number of amides is 1. The van der Waals surface area contributed by atoms with E-state index in [-0.39, 0.29) is 11.9 Å². The molecule has 1 aliphatic heterocycles. The fraction of sp³-hybridized carbons (Fsp3) is 0.438. The van der Waals surface area contributed by atoms with Crippen LogP contribution < -0.4 is 0 Å². The summed E-state index contributed by atoms with van der Waals surface area (Å²) < 4.78 is 0. The highest BCUT2D eigenvalue weighted by Crippen LogP contribution is 2.33. The monoisotopic (exact) mass is 301 g/mol. The molecule has 1 atom stereocenters. The molecule has 5 heteroatoms. The highest BCUT2D eigenvalue weighted by Gasteiger charge is 2.31. The first kappa shape index (κ1) is 14.2. The summed E-state index contributed by atoms with van der Waals surface area (Å²) >= 11 is 1.65. The van der Waals surface area contributed by atoms with Gasteiger partial charge in [0.1, 0.15) is 10.7 Å². The second-order valence-electron chi connectivity index (χ2n) is 5.50. The lowest BCUT2D eigenvalue weighted by Gasteiger charge is -2.34. The quantitative estimate of drug-likeness (QED) is 0.852. The van der Waals surface area contributed by atoms with Crippen molar-refractivity contribution in [2.24, 2.45) is 0 Å². The molecule has 0 bridgehead atoms. The molecule has 0 unspecified atom stereocenters. The van der Waals surface area contributed by atoms with Crippen LogP contribution in [-0.2, 0) is 0 Å². The Hall–Kier alpha value is -1.75. The molecule has 1 saturated heterocycles. The Labute approximate surface area is 128 Å². The Morgan fingerprint density at radius 3 is 2.81 bits per heavy atom. The molecule has 0 aliphatic carbocycles. The number of aromatic nitrogens is 2. The fourth-order valence-electron chi connectivity index (χ4n) is 2.77. The van der Waals surface area contributed by atoms with Gasteiger partial charge < -0.3 is 4.90 Å². The minimum atomic E-state index is 0.0243. The molecule has 1 amide bonds. The Kier molecular flexibility index (Phi) is 4.01. The van der Waals surface area contributed by atoms with Crippen molar-refractivity contribution >= 4 is 17.2 Å². The van der Waals surface area contributed by atoms with E-state index in [2.05, 4.69) is 15.3 Å². The van der Waals surface area contributed by atoms with Gasteiger partial charge in [0, 0.05) is 23.3 Å². The number of nitrogens with zero attached hydrogens (tertiary/aromatic N) is 3. The van der Waals surface area contributed by atoms with Gasteiger partial charge in [-0.25, -0.2) is 9.97 Å². The highest BCUT2D eigenvalue weighted by atomic mass is 32.1.